The number of nitrogens with zero attached hydrogens (tertiary/aromatic N) is 2. The largest absolute Gasteiger partial charge is 0.481 e. The maximum atomic E-state index is 13.0. The lowest BCUT2D eigenvalue weighted by molar-refractivity contribution is -0.536. The second-order valence-corrected chi connectivity index (χ2v) is 10.1. The number of hydrogen-bond acceptors (Lipinski definition) is 10. The molecule has 0 radical (unpaired) electrons. The molecular weight excluding hydrogens is 508 g/mol. The molecule has 0 saturated heterocycles. The van der Waals surface area contributed by atoms with Crippen LogP contribution >= 0.6 is 0 Å². The molecule has 38 heavy (non-hydrogen) atoms. The Morgan fingerprint density at radius 1 is 0.868 bits per heavy atom. The van der Waals surface area contributed by atoms with E-state index in [1.807, 2.05) is 0 Å². The number of carboxylic acids is 2. The molecular formula is C24H38N2O12. The van der Waals surface area contributed by atoms with Crippen molar-refractivity contribution in [3.8, 4) is 0 Å². The quantitative estimate of drug-likeness (QED) is 0.0713. The lowest BCUT2D eigenvalue weighted by atomic mass is 9.76. The molecule has 0 aliphatic heterocycles. The summed E-state index contributed by atoms with van der Waals surface area (Å²) in [4.78, 5) is 68.5. The van der Waals surface area contributed by atoms with E-state index in [2.05, 4.69) is 6.92 Å². The fourth-order valence-electron chi connectivity index (χ4n) is 5.52. The SMILES string of the molecule is CCCCCCCC(OOCC1CCCC([N+](=O)[O-])C1C(=O)O)OC(=O)C1CCCC([N+](=O)[O-])C1C(=O)O. The fourth-order valence-corrected chi connectivity index (χ4v) is 5.52. The minimum atomic E-state index is -1.53. The third-order valence-electron chi connectivity index (χ3n) is 7.52. The molecule has 7 unspecified atom stereocenters. The van der Waals surface area contributed by atoms with Crippen LogP contribution in [0.1, 0.15) is 84.0 Å². The van der Waals surface area contributed by atoms with Crippen molar-refractivity contribution < 1.29 is 49.0 Å². The predicted molar refractivity (Wildman–Crippen MR) is 129 cm³/mol. The zero-order chi connectivity index (χ0) is 28.2. The topological polar surface area (TPSA) is 206 Å². The van der Waals surface area contributed by atoms with E-state index >= 15 is 0 Å². The Bertz CT molecular complexity index is 837. The average molecular weight is 547 g/mol. The van der Waals surface area contributed by atoms with Gasteiger partial charge in [0.15, 0.2) is 0 Å². The Morgan fingerprint density at radius 2 is 1.45 bits per heavy atom. The standard InChI is InChI=1S/C24H38N2O12/c1-2-3-4-5-6-13-19(37-24(31)16-10-8-12-18(26(34)35)21(16)23(29)30)38-36-14-15-9-7-11-17(25(32)33)20(15)22(27)28/h15-21H,2-14H2,1H3,(H,27,28)(H,29,30). The maximum Gasteiger partial charge on any atom is 0.314 e. The van der Waals surface area contributed by atoms with Crippen LogP contribution in [0.4, 0.5) is 0 Å². The van der Waals surface area contributed by atoms with Crippen LogP contribution in [-0.2, 0) is 28.9 Å². The summed E-state index contributed by atoms with van der Waals surface area (Å²) >= 11 is 0. The molecule has 2 fully saturated rings. The van der Waals surface area contributed by atoms with E-state index in [0.29, 0.717) is 25.7 Å². The van der Waals surface area contributed by atoms with Crippen molar-refractivity contribution in [2.24, 2.45) is 23.7 Å². The second-order valence-electron chi connectivity index (χ2n) is 10.1. The summed E-state index contributed by atoms with van der Waals surface area (Å²) in [7, 11) is 0. The number of carboxylic acid groups (broad SMARTS) is 2. The van der Waals surface area contributed by atoms with Crippen LogP contribution in [0.25, 0.3) is 0 Å². The van der Waals surface area contributed by atoms with Gasteiger partial charge in [0, 0.05) is 35.0 Å². The molecule has 0 amide bonds. The van der Waals surface area contributed by atoms with Crippen molar-refractivity contribution in [1.29, 1.82) is 0 Å². The van der Waals surface area contributed by atoms with Gasteiger partial charge in [-0.1, -0.05) is 32.6 Å². The van der Waals surface area contributed by atoms with Crippen LogP contribution < -0.4 is 0 Å². The second kappa shape index (κ2) is 15.5. The van der Waals surface area contributed by atoms with E-state index in [9.17, 15) is 44.8 Å². The van der Waals surface area contributed by atoms with Gasteiger partial charge < -0.3 is 14.9 Å². The Kier molecular flexibility index (Phi) is 12.8. The molecule has 2 aliphatic rings. The van der Waals surface area contributed by atoms with E-state index in [1.54, 1.807) is 0 Å². The third kappa shape index (κ3) is 8.86. The van der Waals surface area contributed by atoms with E-state index in [4.69, 9.17) is 14.5 Å². The monoisotopic (exact) mass is 546 g/mol. The molecule has 216 valence electrons. The lowest BCUT2D eigenvalue weighted by Gasteiger charge is -2.31. The highest BCUT2D eigenvalue weighted by atomic mass is 17.2. The number of nitro groups is 2. The smallest absolute Gasteiger partial charge is 0.314 e. The van der Waals surface area contributed by atoms with Gasteiger partial charge in [0.25, 0.3) is 0 Å². The number of aliphatic carboxylic acids is 2. The number of ether oxygens (including phenoxy) is 1. The molecule has 0 bridgehead atoms. The minimum Gasteiger partial charge on any atom is -0.481 e. The highest BCUT2D eigenvalue weighted by Crippen LogP contribution is 2.35. The first-order valence-corrected chi connectivity index (χ1v) is 13.3. The van der Waals surface area contributed by atoms with Crippen molar-refractivity contribution in [2.45, 2.75) is 102 Å². The molecule has 0 aromatic rings. The van der Waals surface area contributed by atoms with E-state index in [0.717, 1.165) is 25.7 Å². The van der Waals surface area contributed by atoms with Gasteiger partial charge in [-0.15, -0.1) is 0 Å². The predicted octanol–water partition coefficient (Wildman–Crippen LogP) is 3.46. The number of rotatable bonds is 16. The van der Waals surface area contributed by atoms with Crippen LogP contribution in [0.15, 0.2) is 0 Å². The summed E-state index contributed by atoms with van der Waals surface area (Å²) in [6.07, 6.45) is 4.80. The molecule has 2 N–H and O–H groups in total. The molecule has 14 nitrogen and oxygen atoms in total. The van der Waals surface area contributed by atoms with Crippen molar-refractivity contribution >= 4 is 17.9 Å². The van der Waals surface area contributed by atoms with E-state index in [1.165, 1.54) is 0 Å². The van der Waals surface area contributed by atoms with Gasteiger partial charge in [-0.2, -0.15) is 4.89 Å². The van der Waals surface area contributed by atoms with E-state index in [-0.39, 0.29) is 32.3 Å². The van der Waals surface area contributed by atoms with Gasteiger partial charge in [-0.3, -0.25) is 34.6 Å². The minimum absolute atomic E-state index is 0.0471. The molecule has 2 aliphatic carbocycles. The first kappa shape index (κ1) is 31.3. The molecule has 0 aromatic carbocycles. The van der Waals surface area contributed by atoms with Crippen molar-refractivity contribution in [1.82, 2.24) is 0 Å². The molecule has 0 heterocycles. The molecule has 0 aromatic heterocycles. The van der Waals surface area contributed by atoms with Crippen LogP contribution in [0.5, 0.6) is 0 Å². The highest BCUT2D eigenvalue weighted by molar-refractivity contribution is 5.81. The van der Waals surface area contributed by atoms with Crippen molar-refractivity contribution in [2.75, 3.05) is 6.61 Å². The number of carbonyl (C=O) groups is 3. The first-order chi connectivity index (χ1) is 18.1. The summed E-state index contributed by atoms with van der Waals surface area (Å²) in [6.45, 7) is 1.79. The summed E-state index contributed by atoms with van der Waals surface area (Å²) in [5.74, 6) is -8.37. The fraction of sp³-hybridized carbons (Fsp3) is 0.875. The van der Waals surface area contributed by atoms with Crippen LogP contribution in [-0.4, -0.2) is 62.9 Å². The maximum absolute atomic E-state index is 13.0. The highest BCUT2D eigenvalue weighted by Gasteiger charge is 2.50. The van der Waals surface area contributed by atoms with E-state index < -0.39 is 69.8 Å². The molecule has 2 saturated carbocycles. The van der Waals surface area contributed by atoms with Crippen molar-refractivity contribution in [3.63, 3.8) is 0 Å². The van der Waals surface area contributed by atoms with Gasteiger partial charge in [0.1, 0.15) is 11.8 Å². The third-order valence-corrected chi connectivity index (χ3v) is 7.52. The summed E-state index contributed by atoms with van der Waals surface area (Å²) in [5, 5.41) is 41.8. The number of carbonyl (C=O) groups excluding carboxylic acids is 1. The molecule has 7 atom stereocenters. The zero-order valence-corrected chi connectivity index (χ0v) is 21.6. The number of hydrogen-bond donors (Lipinski definition) is 2. The molecule has 2 rings (SSSR count). The molecule has 14 heteroatoms. The molecule has 0 spiro atoms. The van der Waals surface area contributed by atoms with Crippen LogP contribution in [0.3, 0.4) is 0 Å². The van der Waals surface area contributed by atoms with Gasteiger partial charge in [0.2, 0.25) is 18.4 Å². The van der Waals surface area contributed by atoms with Gasteiger partial charge in [-0.05, 0) is 32.1 Å². The normalized spacial score (nSPS) is 28.2. The summed E-state index contributed by atoms with van der Waals surface area (Å²) in [5.41, 5.74) is 0. The first-order valence-electron chi connectivity index (χ1n) is 13.3. The Balaban J connectivity index is 2.05. The Labute approximate surface area is 220 Å². The Morgan fingerprint density at radius 3 is 2.03 bits per heavy atom. The van der Waals surface area contributed by atoms with Crippen molar-refractivity contribution in [3.05, 3.63) is 20.2 Å². The number of unbranched alkanes of at least 4 members (excludes halogenated alkanes) is 4. The zero-order valence-electron chi connectivity index (χ0n) is 21.6. The van der Waals surface area contributed by atoms with Crippen LogP contribution in [0.2, 0.25) is 0 Å². The van der Waals surface area contributed by atoms with Gasteiger partial charge in [-0.25, -0.2) is 4.89 Å². The lowest BCUT2D eigenvalue weighted by Crippen LogP contribution is -2.46. The average Bonchev–Trinajstić information content (AvgIpc) is 2.87. The summed E-state index contributed by atoms with van der Waals surface area (Å²) < 4.78 is 5.43. The van der Waals surface area contributed by atoms with Gasteiger partial charge >= 0.3 is 17.9 Å². The summed E-state index contributed by atoms with van der Waals surface area (Å²) in [6, 6.07) is -2.65. The Hall–Kier alpha value is -2.87. The van der Waals surface area contributed by atoms with Gasteiger partial charge in [0.05, 0.1) is 12.5 Å². The van der Waals surface area contributed by atoms with Crippen LogP contribution in [0, 0.1) is 43.9 Å². The number of esters is 1.